The van der Waals surface area contributed by atoms with E-state index in [4.69, 9.17) is 10.5 Å². The molecule has 0 radical (unpaired) electrons. The van der Waals surface area contributed by atoms with Crippen LogP contribution in [0.3, 0.4) is 0 Å². The zero-order valence-corrected chi connectivity index (χ0v) is 11.9. The van der Waals surface area contributed by atoms with Crippen molar-refractivity contribution < 1.29 is 9.53 Å². The number of nitrogen functional groups attached to an aromatic ring is 1. The van der Waals surface area contributed by atoms with Gasteiger partial charge in [0, 0.05) is 17.8 Å². The number of rotatable bonds is 4. The molecule has 0 bridgehead atoms. The van der Waals surface area contributed by atoms with Gasteiger partial charge in [0.1, 0.15) is 12.4 Å². The Morgan fingerprint density at radius 1 is 1.65 bits per heavy atom. The highest BCUT2D eigenvalue weighted by Crippen LogP contribution is 2.52. The fraction of sp³-hybridized carbons (Fsp3) is 0.500. The number of anilines is 1. The molecule has 1 aliphatic rings. The highest BCUT2D eigenvalue weighted by Gasteiger charge is 2.45. The van der Waals surface area contributed by atoms with E-state index in [0.717, 1.165) is 12.0 Å². The van der Waals surface area contributed by atoms with Crippen LogP contribution in [0.1, 0.15) is 27.2 Å². The third-order valence-corrected chi connectivity index (χ3v) is 3.38. The summed E-state index contributed by atoms with van der Waals surface area (Å²) in [6.07, 6.45) is 4.11. The molecule has 1 atom stereocenters. The predicted octanol–water partition coefficient (Wildman–Crippen LogP) is 1.28. The van der Waals surface area contributed by atoms with Crippen LogP contribution in [0.25, 0.3) is 6.20 Å². The molecule has 2 N–H and O–H groups in total. The Kier molecular flexibility index (Phi) is 3.65. The summed E-state index contributed by atoms with van der Waals surface area (Å²) in [6, 6.07) is 1.57. The average Bonchev–Trinajstić information content (AvgIpc) is 3.01. The van der Waals surface area contributed by atoms with Gasteiger partial charge in [0.2, 0.25) is 0 Å². The minimum absolute atomic E-state index is 0.131. The summed E-state index contributed by atoms with van der Waals surface area (Å²) < 4.78 is 6.63. The number of ether oxygens (including phenoxy) is 1. The van der Waals surface area contributed by atoms with Gasteiger partial charge in [0.05, 0.1) is 5.92 Å². The first-order valence-electron chi connectivity index (χ1n) is 6.54. The number of aromatic nitrogens is 2. The average molecular weight is 277 g/mol. The maximum absolute atomic E-state index is 11.6. The first kappa shape index (κ1) is 14.3. The van der Waals surface area contributed by atoms with Crippen molar-refractivity contribution in [1.29, 1.82) is 0 Å². The van der Waals surface area contributed by atoms with E-state index in [1.165, 1.54) is 4.57 Å². The van der Waals surface area contributed by atoms with Crippen LogP contribution in [0.15, 0.2) is 22.6 Å². The van der Waals surface area contributed by atoms with Crippen LogP contribution in [0.4, 0.5) is 5.82 Å². The zero-order chi connectivity index (χ0) is 14.9. The first-order valence-corrected chi connectivity index (χ1v) is 6.54. The Morgan fingerprint density at radius 3 is 2.95 bits per heavy atom. The monoisotopic (exact) mass is 277 g/mol. The molecule has 0 saturated heterocycles. The third kappa shape index (κ3) is 3.07. The number of nitrogens with two attached hydrogens (primary N) is 1. The standard InChI is InChI=1S/C14H19N3O3/c1-9(2)12(18)20-8-14(3)6-10(14)7-17-5-4-11(15)16-13(17)19/h4-5,7,9H,6,8H2,1-3H3,(H2,15,16,19)/b10-7-/t14-/m0/s1. The molecule has 0 spiro atoms. The van der Waals surface area contributed by atoms with Crippen LogP contribution >= 0.6 is 0 Å². The van der Waals surface area contributed by atoms with Crippen LogP contribution in [0, 0.1) is 11.3 Å². The van der Waals surface area contributed by atoms with E-state index in [0.29, 0.717) is 6.61 Å². The molecular formula is C14H19N3O3. The van der Waals surface area contributed by atoms with Crippen LogP contribution < -0.4 is 11.4 Å². The molecule has 0 unspecified atom stereocenters. The summed E-state index contributed by atoms with van der Waals surface area (Å²) in [5.41, 5.74) is 5.91. The third-order valence-electron chi connectivity index (χ3n) is 3.38. The van der Waals surface area contributed by atoms with Crippen molar-refractivity contribution in [3.05, 3.63) is 28.3 Å². The van der Waals surface area contributed by atoms with E-state index in [1.807, 2.05) is 6.92 Å². The van der Waals surface area contributed by atoms with Gasteiger partial charge < -0.3 is 10.5 Å². The van der Waals surface area contributed by atoms with Crippen molar-refractivity contribution in [2.45, 2.75) is 27.2 Å². The largest absolute Gasteiger partial charge is 0.465 e. The van der Waals surface area contributed by atoms with Gasteiger partial charge in [-0.05, 0) is 18.1 Å². The molecule has 0 aromatic carbocycles. The first-order chi connectivity index (χ1) is 9.32. The number of esters is 1. The lowest BCUT2D eigenvalue weighted by atomic mass is 10.1. The molecule has 6 heteroatoms. The van der Waals surface area contributed by atoms with Crippen molar-refractivity contribution in [3.63, 3.8) is 0 Å². The van der Waals surface area contributed by atoms with Gasteiger partial charge in [-0.15, -0.1) is 0 Å². The van der Waals surface area contributed by atoms with Crippen molar-refractivity contribution >= 4 is 18.0 Å². The molecule has 1 heterocycles. The normalized spacial score (nSPS) is 23.1. The van der Waals surface area contributed by atoms with E-state index in [1.54, 1.807) is 32.3 Å². The molecular weight excluding hydrogens is 258 g/mol. The number of carbonyl (C=O) groups is 1. The van der Waals surface area contributed by atoms with E-state index >= 15 is 0 Å². The Labute approximate surface area is 117 Å². The maximum Gasteiger partial charge on any atom is 0.353 e. The molecule has 1 aromatic rings. The van der Waals surface area contributed by atoms with Crippen LogP contribution in [-0.4, -0.2) is 22.1 Å². The van der Waals surface area contributed by atoms with Gasteiger partial charge >= 0.3 is 11.7 Å². The van der Waals surface area contributed by atoms with Gasteiger partial charge in [-0.3, -0.25) is 9.36 Å². The zero-order valence-electron chi connectivity index (χ0n) is 11.9. The second-order valence-corrected chi connectivity index (χ2v) is 5.70. The minimum atomic E-state index is -0.411. The quantitative estimate of drug-likeness (QED) is 0.837. The van der Waals surface area contributed by atoms with E-state index in [2.05, 4.69) is 4.98 Å². The summed E-state index contributed by atoms with van der Waals surface area (Å²) in [6.45, 7) is 5.94. The van der Waals surface area contributed by atoms with E-state index in [9.17, 15) is 9.59 Å². The van der Waals surface area contributed by atoms with Crippen LogP contribution in [0.2, 0.25) is 0 Å². The highest BCUT2D eigenvalue weighted by molar-refractivity contribution is 5.71. The molecule has 0 amide bonds. The minimum Gasteiger partial charge on any atom is -0.465 e. The highest BCUT2D eigenvalue weighted by atomic mass is 16.5. The molecule has 108 valence electrons. The van der Waals surface area contributed by atoms with Crippen LogP contribution in [-0.2, 0) is 9.53 Å². The number of hydrogen-bond donors (Lipinski definition) is 1. The second kappa shape index (κ2) is 5.11. The summed E-state index contributed by atoms with van der Waals surface area (Å²) in [7, 11) is 0. The SMILES string of the molecule is CC(C)C(=O)OC[C@]1(C)C/C1=C/n1ccc(N)nc1=O. The van der Waals surface area contributed by atoms with E-state index < -0.39 is 5.69 Å². The van der Waals surface area contributed by atoms with Gasteiger partial charge in [-0.25, -0.2) is 4.79 Å². The number of hydrogen-bond acceptors (Lipinski definition) is 5. The van der Waals surface area contributed by atoms with Gasteiger partial charge in [0.25, 0.3) is 0 Å². The molecule has 20 heavy (non-hydrogen) atoms. The molecule has 0 aliphatic heterocycles. The fourth-order valence-corrected chi connectivity index (χ4v) is 1.81. The van der Waals surface area contributed by atoms with Crippen molar-refractivity contribution in [3.8, 4) is 0 Å². The summed E-state index contributed by atoms with van der Waals surface area (Å²) in [5, 5.41) is 0. The summed E-state index contributed by atoms with van der Waals surface area (Å²) >= 11 is 0. The number of nitrogens with zero attached hydrogens (tertiary/aromatic N) is 2. The van der Waals surface area contributed by atoms with Crippen molar-refractivity contribution in [1.82, 2.24) is 9.55 Å². The van der Waals surface area contributed by atoms with E-state index in [-0.39, 0.29) is 23.1 Å². The lowest BCUT2D eigenvalue weighted by molar-refractivity contribution is -0.148. The smallest absolute Gasteiger partial charge is 0.353 e. The van der Waals surface area contributed by atoms with Crippen LogP contribution in [0.5, 0.6) is 0 Å². The fourth-order valence-electron chi connectivity index (χ4n) is 1.81. The molecule has 6 nitrogen and oxygen atoms in total. The molecule has 1 fully saturated rings. The lowest BCUT2D eigenvalue weighted by Gasteiger charge is -2.11. The topological polar surface area (TPSA) is 87.2 Å². The van der Waals surface area contributed by atoms with Crippen molar-refractivity contribution in [2.75, 3.05) is 12.3 Å². The Balaban J connectivity index is 2.04. The molecule has 2 rings (SSSR count). The Bertz CT molecular complexity index is 618. The second-order valence-electron chi connectivity index (χ2n) is 5.70. The Morgan fingerprint density at radius 2 is 2.35 bits per heavy atom. The van der Waals surface area contributed by atoms with Crippen molar-refractivity contribution in [2.24, 2.45) is 11.3 Å². The molecule has 1 aliphatic carbocycles. The predicted molar refractivity (Wildman–Crippen MR) is 75.7 cm³/mol. The Hall–Kier alpha value is -2.11. The van der Waals surface area contributed by atoms with Gasteiger partial charge in [0.15, 0.2) is 0 Å². The summed E-state index contributed by atoms with van der Waals surface area (Å²) in [5.74, 6) is -0.133. The molecule has 1 saturated carbocycles. The van der Waals surface area contributed by atoms with Gasteiger partial charge in [-0.1, -0.05) is 20.8 Å². The van der Waals surface area contributed by atoms with Gasteiger partial charge in [-0.2, -0.15) is 4.98 Å². The maximum atomic E-state index is 11.6. The molecule has 1 aromatic heterocycles. The number of carbonyl (C=O) groups excluding carboxylic acids is 1. The summed E-state index contributed by atoms with van der Waals surface area (Å²) in [4.78, 5) is 26.7. The lowest BCUT2D eigenvalue weighted by Crippen LogP contribution is -2.20.